The van der Waals surface area contributed by atoms with E-state index < -0.39 is 0 Å². The minimum absolute atomic E-state index is 0.237. The topological polar surface area (TPSA) is 29.3 Å². The Labute approximate surface area is 110 Å². The molecule has 0 unspecified atom stereocenters. The number of rotatable bonds is 2. The molecule has 2 nitrogen and oxygen atoms in total. The van der Waals surface area contributed by atoms with Crippen LogP contribution in [0.3, 0.4) is 0 Å². The molecule has 1 aromatic carbocycles. The van der Waals surface area contributed by atoms with Crippen molar-refractivity contribution in [3.05, 3.63) is 51.5 Å². The van der Waals surface area contributed by atoms with Crippen molar-refractivity contribution in [2.75, 3.05) is 12.3 Å². The predicted molar refractivity (Wildman–Crippen MR) is 72.9 cm³/mol. The van der Waals surface area contributed by atoms with Crippen molar-refractivity contribution in [3.63, 3.8) is 0 Å². The smallest absolute Gasteiger partial charge is 0.150 e. The number of anilines is 1. The maximum absolute atomic E-state index is 13.8. The highest BCUT2D eigenvalue weighted by Gasteiger charge is 2.18. The van der Waals surface area contributed by atoms with Crippen LogP contribution in [-0.2, 0) is 19.5 Å². The van der Waals surface area contributed by atoms with Crippen molar-refractivity contribution in [1.29, 1.82) is 0 Å². The zero-order valence-electron chi connectivity index (χ0n) is 10.0. The Hall–Kier alpha value is -1.39. The van der Waals surface area contributed by atoms with Crippen LogP contribution in [0.4, 0.5) is 10.1 Å². The third-order valence-corrected chi connectivity index (χ3v) is 4.41. The fourth-order valence-corrected chi connectivity index (χ4v) is 3.29. The van der Waals surface area contributed by atoms with Gasteiger partial charge < -0.3 is 5.73 Å². The standard InChI is InChI=1S/C14H15FN2S/c15-14-11(2-1-3-12(14)16)9-17-6-4-13-10(8-17)5-7-18-13/h1-3,5,7H,4,6,8-9,16H2. The highest BCUT2D eigenvalue weighted by atomic mass is 32.1. The summed E-state index contributed by atoms with van der Waals surface area (Å²) in [4.78, 5) is 3.74. The molecule has 0 radical (unpaired) electrons. The average Bonchev–Trinajstić information content (AvgIpc) is 2.82. The molecule has 3 rings (SSSR count). The summed E-state index contributed by atoms with van der Waals surface area (Å²) in [6.45, 7) is 2.53. The molecule has 0 amide bonds. The van der Waals surface area contributed by atoms with Gasteiger partial charge in [0, 0.05) is 30.1 Å². The molecule has 1 aliphatic heterocycles. The molecule has 0 spiro atoms. The SMILES string of the molecule is Nc1cccc(CN2CCc3sccc3C2)c1F. The van der Waals surface area contributed by atoms with Gasteiger partial charge in [-0.05, 0) is 29.5 Å². The van der Waals surface area contributed by atoms with Crippen LogP contribution in [0.1, 0.15) is 16.0 Å². The summed E-state index contributed by atoms with van der Waals surface area (Å²) in [5.74, 6) is -0.270. The van der Waals surface area contributed by atoms with Crippen LogP contribution >= 0.6 is 11.3 Å². The van der Waals surface area contributed by atoms with Gasteiger partial charge in [-0.1, -0.05) is 12.1 Å². The summed E-state index contributed by atoms with van der Waals surface area (Å²) in [6.07, 6.45) is 1.07. The molecule has 94 valence electrons. The predicted octanol–water partition coefficient (Wildman–Crippen LogP) is 3.03. The first kappa shape index (κ1) is 11.7. The maximum atomic E-state index is 13.8. The van der Waals surface area contributed by atoms with Crippen LogP contribution in [0.25, 0.3) is 0 Å². The van der Waals surface area contributed by atoms with Crippen LogP contribution in [-0.4, -0.2) is 11.4 Å². The lowest BCUT2D eigenvalue weighted by Crippen LogP contribution is -2.29. The second-order valence-corrected chi connectivity index (χ2v) is 5.65. The fourth-order valence-electron chi connectivity index (χ4n) is 2.40. The number of hydrogen-bond acceptors (Lipinski definition) is 3. The highest BCUT2D eigenvalue weighted by Crippen LogP contribution is 2.26. The summed E-state index contributed by atoms with van der Waals surface area (Å²) < 4.78 is 13.8. The van der Waals surface area contributed by atoms with Crippen LogP contribution in [0, 0.1) is 5.82 Å². The van der Waals surface area contributed by atoms with Gasteiger partial charge in [0.2, 0.25) is 0 Å². The van der Waals surface area contributed by atoms with Crippen LogP contribution in [0.2, 0.25) is 0 Å². The Bertz CT molecular complexity index is 565. The first-order valence-electron chi connectivity index (χ1n) is 6.04. The summed E-state index contributed by atoms with van der Waals surface area (Å²) in [6, 6.07) is 7.40. The quantitative estimate of drug-likeness (QED) is 0.843. The Kier molecular flexibility index (Phi) is 3.06. The van der Waals surface area contributed by atoms with E-state index in [0.717, 1.165) is 19.5 Å². The Morgan fingerprint density at radius 2 is 2.22 bits per heavy atom. The van der Waals surface area contributed by atoms with E-state index in [1.165, 1.54) is 10.4 Å². The number of halogens is 1. The van der Waals surface area contributed by atoms with Crippen LogP contribution in [0.5, 0.6) is 0 Å². The lowest BCUT2D eigenvalue weighted by molar-refractivity contribution is 0.244. The molecule has 0 bridgehead atoms. The number of nitrogens with zero attached hydrogens (tertiary/aromatic N) is 1. The molecule has 2 aromatic rings. The zero-order valence-corrected chi connectivity index (χ0v) is 10.8. The molecule has 2 heterocycles. The summed E-state index contributed by atoms with van der Waals surface area (Å²) in [5.41, 5.74) is 7.90. The van der Waals surface area contributed by atoms with E-state index >= 15 is 0 Å². The third kappa shape index (κ3) is 2.13. The maximum Gasteiger partial charge on any atom is 0.150 e. The van der Waals surface area contributed by atoms with Crippen LogP contribution < -0.4 is 5.73 Å². The molecule has 2 N–H and O–H groups in total. The average molecular weight is 262 g/mol. The second-order valence-electron chi connectivity index (χ2n) is 4.65. The Morgan fingerprint density at radius 3 is 3.11 bits per heavy atom. The molecule has 4 heteroatoms. The van der Waals surface area contributed by atoms with E-state index in [2.05, 4.69) is 16.3 Å². The van der Waals surface area contributed by atoms with E-state index in [-0.39, 0.29) is 11.5 Å². The number of fused-ring (bicyclic) bond motifs is 1. The third-order valence-electron chi connectivity index (χ3n) is 3.39. The van der Waals surface area contributed by atoms with Gasteiger partial charge in [-0.3, -0.25) is 4.90 Å². The molecule has 0 fully saturated rings. The molecule has 18 heavy (non-hydrogen) atoms. The molecule has 0 saturated heterocycles. The monoisotopic (exact) mass is 262 g/mol. The van der Waals surface area contributed by atoms with Crippen molar-refractivity contribution in [2.45, 2.75) is 19.5 Å². The van der Waals surface area contributed by atoms with Crippen molar-refractivity contribution in [1.82, 2.24) is 4.90 Å². The van der Waals surface area contributed by atoms with Gasteiger partial charge in [0.05, 0.1) is 5.69 Å². The molecule has 0 saturated carbocycles. The lowest BCUT2D eigenvalue weighted by Gasteiger charge is -2.27. The highest BCUT2D eigenvalue weighted by molar-refractivity contribution is 7.10. The van der Waals surface area contributed by atoms with Gasteiger partial charge in [0.15, 0.2) is 5.82 Å². The van der Waals surface area contributed by atoms with Crippen molar-refractivity contribution in [3.8, 4) is 0 Å². The molecule has 0 aliphatic carbocycles. The molecule has 0 atom stereocenters. The van der Waals surface area contributed by atoms with Crippen LogP contribution in [0.15, 0.2) is 29.6 Å². The summed E-state index contributed by atoms with van der Waals surface area (Å²) >= 11 is 1.82. The summed E-state index contributed by atoms with van der Waals surface area (Å²) in [7, 11) is 0. The molecular weight excluding hydrogens is 247 g/mol. The van der Waals surface area contributed by atoms with Crippen molar-refractivity contribution >= 4 is 17.0 Å². The number of nitrogen functional groups attached to an aromatic ring is 1. The Morgan fingerprint density at radius 1 is 1.33 bits per heavy atom. The first-order valence-corrected chi connectivity index (χ1v) is 6.92. The second kappa shape index (κ2) is 4.71. The first-order chi connectivity index (χ1) is 8.74. The van der Waals surface area contributed by atoms with Gasteiger partial charge in [-0.25, -0.2) is 4.39 Å². The van der Waals surface area contributed by atoms with Gasteiger partial charge in [0.1, 0.15) is 0 Å². The van der Waals surface area contributed by atoms with E-state index in [1.807, 2.05) is 23.5 Å². The normalized spacial score (nSPS) is 15.6. The van der Waals surface area contributed by atoms with E-state index in [0.29, 0.717) is 12.1 Å². The van der Waals surface area contributed by atoms with Crippen molar-refractivity contribution in [2.24, 2.45) is 0 Å². The number of nitrogens with two attached hydrogens (primary N) is 1. The minimum Gasteiger partial charge on any atom is -0.396 e. The minimum atomic E-state index is -0.270. The van der Waals surface area contributed by atoms with Gasteiger partial charge in [0.25, 0.3) is 0 Å². The molecule has 1 aromatic heterocycles. The number of benzene rings is 1. The Balaban J connectivity index is 1.77. The lowest BCUT2D eigenvalue weighted by atomic mass is 10.1. The van der Waals surface area contributed by atoms with E-state index in [9.17, 15) is 4.39 Å². The zero-order chi connectivity index (χ0) is 12.5. The number of thiophene rings is 1. The molecular formula is C14H15FN2S. The molecule has 1 aliphatic rings. The fraction of sp³-hybridized carbons (Fsp3) is 0.286. The van der Waals surface area contributed by atoms with Gasteiger partial charge in [-0.2, -0.15) is 0 Å². The van der Waals surface area contributed by atoms with Gasteiger partial charge in [-0.15, -0.1) is 11.3 Å². The van der Waals surface area contributed by atoms with E-state index in [4.69, 9.17) is 5.73 Å². The van der Waals surface area contributed by atoms with E-state index in [1.54, 1.807) is 6.07 Å². The summed E-state index contributed by atoms with van der Waals surface area (Å²) in [5, 5.41) is 2.13. The largest absolute Gasteiger partial charge is 0.396 e. The van der Waals surface area contributed by atoms with Gasteiger partial charge >= 0.3 is 0 Å². The number of hydrogen-bond donors (Lipinski definition) is 1. The van der Waals surface area contributed by atoms with Crippen molar-refractivity contribution < 1.29 is 4.39 Å².